The Morgan fingerprint density at radius 2 is 1.91 bits per heavy atom. The van der Waals surface area contributed by atoms with E-state index in [9.17, 15) is 19.7 Å². The number of fused-ring (bicyclic) bond motifs is 1. The van der Waals surface area contributed by atoms with Crippen LogP contribution in [0.4, 0.5) is 5.69 Å². The van der Waals surface area contributed by atoms with Gasteiger partial charge in [0.1, 0.15) is 11.7 Å². The maximum absolute atomic E-state index is 12.8. The summed E-state index contributed by atoms with van der Waals surface area (Å²) in [6, 6.07) is 12.7. The van der Waals surface area contributed by atoms with Crippen LogP contribution in [-0.2, 0) is 13.1 Å². The van der Waals surface area contributed by atoms with Crippen molar-refractivity contribution in [2.24, 2.45) is 0 Å². The molecule has 4 aromatic rings. The normalized spacial score (nSPS) is 10.9. The van der Waals surface area contributed by atoms with E-state index in [1.165, 1.54) is 29.2 Å². The molecule has 2 aromatic carbocycles. The lowest BCUT2D eigenvalue weighted by atomic mass is 10.2. The fourth-order valence-electron chi connectivity index (χ4n) is 3.21. The number of carbonyl (C=O) groups excluding carboxylic acids is 1. The highest BCUT2D eigenvalue weighted by atomic mass is 35.5. The minimum absolute atomic E-state index is 0.0161. The van der Waals surface area contributed by atoms with Crippen LogP contribution >= 0.6 is 11.6 Å². The predicted octanol–water partition coefficient (Wildman–Crippen LogP) is 2.63. The summed E-state index contributed by atoms with van der Waals surface area (Å²) in [5.74, 6) is -0.300. The summed E-state index contributed by atoms with van der Waals surface area (Å²) < 4.78 is 2.95. The van der Waals surface area contributed by atoms with Gasteiger partial charge in [0.25, 0.3) is 17.2 Å². The minimum Gasteiger partial charge on any atom is -0.350 e. The van der Waals surface area contributed by atoms with E-state index in [4.69, 9.17) is 11.6 Å². The average molecular weight is 453 g/mol. The van der Waals surface area contributed by atoms with Crippen LogP contribution in [0.25, 0.3) is 11.0 Å². The molecule has 0 atom stereocenters. The number of halogens is 1. The van der Waals surface area contributed by atoms with E-state index in [0.717, 1.165) is 5.56 Å². The van der Waals surface area contributed by atoms with Crippen molar-refractivity contribution < 1.29 is 9.72 Å². The molecule has 0 spiro atoms. The summed E-state index contributed by atoms with van der Waals surface area (Å²) in [4.78, 5) is 39.7. The smallest absolute Gasteiger partial charge is 0.269 e. The Bertz CT molecular complexity index is 1360. The van der Waals surface area contributed by atoms with Gasteiger partial charge in [-0.3, -0.25) is 24.3 Å². The number of carbonyl (C=O) groups is 1. The van der Waals surface area contributed by atoms with E-state index >= 15 is 0 Å². The first-order valence-electron chi connectivity index (χ1n) is 9.61. The fraction of sp³-hybridized carbons (Fsp3) is 0.143. The number of nitrogens with one attached hydrogen (secondary N) is 1. The number of non-ortho nitro benzene ring substituents is 1. The number of rotatable bonds is 7. The molecule has 4 rings (SSSR count). The molecule has 0 unspecified atom stereocenters. The van der Waals surface area contributed by atoms with Gasteiger partial charge in [0.15, 0.2) is 5.65 Å². The van der Waals surface area contributed by atoms with Crippen LogP contribution in [-0.4, -0.2) is 36.7 Å². The summed E-state index contributed by atoms with van der Waals surface area (Å²) >= 11 is 6.03. The molecule has 11 heteroatoms. The van der Waals surface area contributed by atoms with Gasteiger partial charge in [-0.2, -0.15) is 5.10 Å². The van der Waals surface area contributed by atoms with E-state index in [1.807, 2.05) is 0 Å². The zero-order chi connectivity index (χ0) is 22.7. The lowest BCUT2D eigenvalue weighted by Gasteiger charge is -2.08. The molecule has 0 saturated carbocycles. The molecule has 162 valence electrons. The first kappa shape index (κ1) is 21.2. The molecule has 0 aliphatic carbocycles. The van der Waals surface area contributed by atoms with Crippen molar-refractivity contribution in [3.63, 3.8) is 0 Å². The van der Waals surface area contributed by atoms with Gasteiger partial charge in [-0.15, -0.1) is 0 Å². The third kappa shape index (κ3) is 4.35. The molecule has 0 radical (unpaired) electrons. The molecule has 1 amide bonds. The lowest BCUT2D eigenvalue weighted by molar-refractivity contribution is -0.384. The SMILES string of the molecule is O=C(NCCn1ncc2c(=O)n(Cc3ccc([N+](=O)[O-])cc3)cnc21)c1ccccc1Cl. The minimum atomic E-state index is -0.477. The van der Waals surface area contributed by atoms with Crippen LogP contribution in [0.2, 0.25) is 5.02 Å². The Morgan fingerprint density at radius 3 is 2.62 bits per heavy atom. The molecule has 10 nitrogen and oxygen atoms in total. The van der Waals surface area contributed by atoms with Gasteiger partial charge in [0.05, 0.1) is 34.8 Å². The van der Waals surface area contributed by atoms with Gasteiger partial charge in [0, 0.05) is 18.7 Å². The van der Waals surface area contributed by atoms with Gasteiger partial charge in [-0.1, -0.05) is 35.9 Å². The largest absolute Gasteiger partial charge is 0.350 e. The Hall–Kier alpha value is -4.05. The van der Waals surface area contributed by atoms with Crippen LogP contribution in [0.15, 0.2) is 65.8 Å². The summed E-state index contributed by atoms with van der Waals surface area (Å²) in [6.45, 7) is 0.811. The molecule has 0 aliphatic heterocycles. The van der Waals surface area contributed by atoms with Crippen LogP contribution in [0.3, 0.4) is 0 Å². The van der Waals surface area contributed by atoms with E-state index in [-0.39, 0.29) is 30.2 Å². The van der Waals surface area contributed by atoms with Crippen molar-refractivity contribution in [2.75, 3.05) is 6.54 Å². The van der Waals surface area contributed by atoms with Crippen molar-refractivity contribution in [2.45, 2.75) is 13.1 Å². The number of nitro benzene ring substituents is 1. The third-order valence-electron chi connectivity index (χ3n) is 4.85. The number of nitrogens with zero attached hydrogens (tertiary/aromatic N) is 5. The Balaban J connectivity index is 1.45. The Morgan fingerprint density at radius 1 is 1.16 bits per heavy atom. The van der Waals surface area contributed by atoms with Crippen molar-refractivity contribution >= 4 is 34.2 Å². The van der Waals surface area contributed by atoms with Gasteiger partial charge >= 0.3 is 0 Å². The summed E-state index contributed by atoms with van der Waals surface area (Å²) in [5, 5.41) is 18.5. The highest BCUT2D eigenvalue weighted by Crippen LogP contribution is 2.15. The second kappa shape index (κ2) is 8.98. The highest BCUT2D eigenvalue weighted by molar-refractivity contribution is 6.33. The van der Waals surface area contributed by atoms with Gasteiger partial charge in [-0.05, 0) is 17.7 Å². The molecular formula is C21H17ClN6O4. The average Bonchev–Trinajstić information content (AvgIpc) is 3.20. The van der Waals surface area contributed by atoms with Gasteiger partial charge < -0.3 is 5.32 Å². The monoisotopic (exact) mass is 452 g/mol. The Labute approximate surface area is 186 Å². The molecule has 0 fully saturated rings. The van der Waals surface area contributed by atoms with E-state index < -0.39 is 4.92 Å². The van der Waals surface area contributed by atoms with Gasteiger partial charge in [-0.25, -0.2) is 9.67 Å². The van der Waals surface area contributed by atoms with Crippen LogP contribution in [0.5, 0.6) is 0 Å². The summed E-state index contributed by atoms with van der Waals surface area (Å²) in [6.07, 6.45) is 2.85. The van der Waals surface area contributed by atoms with E-state index in [2.05, 4.69) is 15.4 Å². The number of benzene rings is 2. The molecule has 32 heavy (non-hydrogen) atoms. The quantitative estimate of drug-likeness (QED) is 0.339. The van der Waals surface area contributed by atoms with Crippen LogP contribution < -0.4 is 10.9 Å². The molecule has 0 aliphatic rings. The highest BCUT2D eigenvalue weighted by Gasteiger charge is 2.13. The van der Waals surface area contributed by atoms with E-state index in [1.54, 1.807) is 41.1 Å². The lowest BCUT2D eigenvalue weighted by Crippen LogP contribution is -2.28. The topological polar surface area (TPSA) is 125 Å². The molecule has 2 heterocycles. The molecular weight excluding hydrogens is 436 g/mol. The van der Waals surface area contributed by atoms with Crippen molar-refractivity contribution in [3.05, 3.63) is 97.7 Å². The number of hydrogen-bond acceptors (Lipinski definition) is 6. The van der Waals surface area contributed by atoms with Crippen LogP contribution in [0.1, 0.15) is 15.9 Å². The van der Waals surface area contributed by atoms with Crippen molar-refractivity contribution in [1.82, 2.24) is 24.6 Å². The standard InChI is InChI=1S/C21H17ClN6O4/c22-18-4-2-1-3-16(18)20(29)23-9-10-27-19-17(11-25-27)21(30)26(13-24-19)12-14-5-7-15(8-6-14)28(31)32/h1-8,11,13H,9-10,12H2,(H,23,29). The predicted molar refractivity (Wildman–Crippen MR) is 118 cm³/mol. The van der Waals surface area contributed by atoms with E-state index in [0.29, 0.717) is 28.2 Å². The molecule has 0 saturated heterocycles. The van der Waals surface area contributed by atoms with Crippen molar-refractivity contribution in [1.29, 1.82) is 0 Å². The second-order valence-electron chi connectivity index (χ2n) is 6.94. The van der Waals surface area contributed by atoms with Crippen molar-refractivity contribution in [3.8, 4) is 0 Å². The summed E-state index contributed by atoms with van der Waals surface area (Å²) in [7, 11) is 0. The number of aromatic nitrogens is 4. The molecule has 2 aromatic heterocycles. The van der Waals surface area contributed by atoms with Gasteiger partial charge in [0.2, 0.25) is 0 Å². The molecule has 1 N–H and O–H groups in total. The number of nitro groups is 1. The Kier molecular flexibility index (Phi) is 5.95. The first-order chi connectivity index (χ1) is 15.4. The second-order valence-corrected chi connectivity index (χ2v) is 7.35. The zero-order valence-corrected chi connectivity index (χ0v) is 17.4. The van der Waals surface area contributed by atoms with Crippen LogP contribution in [0, 0.1) is 10.1 Å². The third-order valence-corrected chi connectivity index (χ3v) is 5.18. The zero-order valence-electron chi connectivity index (χ0n) is 16.6. The maximum Gasteiger partial charge on any atom is 0.269 e. The summed E-state index contributed by atoms with van der Waals surface area (Å²) in [5.41, 5.74) is 1.22. The fourth-order valence-corrected chi connectivity index (χ4v) is 3.43. The number of amides is 1. The number of hydrogen-bond donors (Lipinski definition) is 1. The molecule has 0 bridgehead atoms. The maximum atomic E-state index is 12.8. The first-order valence-corrected chi connectivity index (χ1v) is 9.99.